The topological polar surface area (TPSA) is 90.0 Å². The summed E-state index contributed by atoms with van der Waals surface area (Å²) in [6, 6.07) is 22.5. The first-order valence-electron chi connectivity index (χ1n) is 10.4. The average Bonchev–Trinajstić information content (AvgIpc) is 2.81. The van der Waals surface area contributed by atoms with Crippen molar-refractivity contribution in [1.29, 1.82) is 0 Å². The molecule has 160 valence electrons. The second-order valence-corrected chi connectivity index (χ2v) is 7.67. The van der Waals surface area contributed by atoms with Crippen LogP contribution in [-0.2, 0) is 19.5 Å². The van der Waals surface area contributed by atoms with Gasteiger partial charge in [-0.05, 0) is 52.9 Å². The smallest absolute Gasteiger partial charge is 0.253 e. The summed E-state index contributed by atoms with van der Waals surface area (Å²) in [5.41, 5.74) is 11.0. The molecule has 0 atom stereocenters. The van der Waals surface area contributed by atoms with Crippen molar-refractivity contribution in [2.24, 2.45) is 0 Å². The van der Waals surface area contributed by atoms with Crippen molar-refractivity contribution in [3.63, 3.8) is 0 Å². The molecule has 3 N–H and O–H groups in total. The summed E-state index contributed by atoms with van der Waals surface area (Å²) in [4.78, 5) is 28.6. The maximum Gasteiger partial charge on any atom is 0.253 e. The minimum absolute atomic E-state index is 0.0193. The van der Waals surface area contributed by atoms with Crippen LogP contribution in [0.4, 0.5) is 5.69 Å². The molecule has 0 radical (unpaired) electrons. The molecule has 2 heterocycles. The third-order valence-electron chi connectivity index (χ3n) is 5.17. The van der Waals surface area contributed by atoms with Crippen molar-refractivity contribution in [3.05, 3.63) is 130 Å². The van der Waals surface area contributed by atoms with Crippen LogP contribution in [0.15, 0.2) is 96.2 Å². The summed E-state index contributed by atoms with van der Waals surface area (Å²) < 4.78 is 1.67. The Balaban J connectivity index is 1.38. The fourth-order valence-electron chi connectivity index (χ4n) is 3.41. The van der Waals surface area contributed by atoms with E-state index in [0.717, 1.165) is 22.3 Å². The van der Waals surface area contributed by atoms with Crippen LogP contribution in [0.2, 0.25) is 0 Å². The number of amides is 1. The molecular weight excluding hydrogens is 400 g/mol. The SMILES string of the molecule is Nc1ccc(CNC(=O)c2cncc(Cc3ccc(Cn4ccccc4=O)cc3)c2)cc1. The van der Waals surface area contributed by atoms with E-state index in [1.807, 2.05) is 60.7 Å². The van der Waals surface area contributed by atoms with Crippen LogP contribution in [0.25, 0.3) is 0 Å². The highest BCUT2D eigenvalue weighted by Gasteiger charge is 2.08. The molecule has 0 fully saturated rings. The summed E-state index contributed by atoms with van der Waals surface area (Å²) in [6.07, 6.45) is 5.79. The van der Waals surface area contributed by atoms with Crippen molar-refractivity contribution < 1.29 is 4.79 Å². The number of anilines is 1. The Morgan fingerprint density at radius 1 is 0.875 bits per heavy atom. The largest absolute Gasteiger partial charge is 0.399 e. The number of carbonyl (C=O) groups is 1. The number of benzene rings is 2. The normalized spacial score (nSPS) is 10.6. The van der Waals surface area contributed by atoms with E-state index < -0.39 is 0 Å². The van der Waals surface area contributed by atoms with E-state index >= 15 is 0 Å². The molecular formula is C26H24N4O2. The van der Waals surface area contributed by atoms with Gasteiger partial charge in [-0.3, -0.25) is 14.6 Å². The minimum Gasteiger partial charge on any atom is -0.399 e. The number of carbonyl (C=O) groups excluding carboxylic acids is 1. The monoisotopic (exact) mass is 424 g/mol. The number of nitrogen functional groups attached to an aromatic ring is 1. The van der Waals surface area contributed by atoms with Crippen LogP contribution < -0.4 is 16.6 Å². The quantitative estimate of drug-likeness (QED) is 0.445. The molecule has 0 saturated carbocycles. The number of hydrogen-bond acceptors (Lipinski definition) is 4. The Bertz CT molecular complexity index is 1260. The number of nitrogens with zero attached hydrogens (tertiary/aromatic N) is 2. The number of pyridine rings is 2. The van der Waals surface area contributed by atoms with Gasteiger partial charge in [-0.25, -0.2) is 0 Å². The molecule has 2 aromatic carbocycles. The molecule has 6 heteroatoms. The summed E-state index contributed by atoms with van der Waals surface area (Å²) in [5.74, 6) is -0.167. The zero-order chi connectivity index (χ0) is 22.3. The molecule has 0 unspecified atom stereocenters. The summed E-state index contributed by atoms with van der Waals surface area (Å²) in [5, 5.41) is 2.91. The lowest BCUT2D eigenvalue weighted by molar-refractivity contribution is 0.0950. The predicted octanol–water partition coefficient (Wildman–Crippen LogP) is 3.39. The van der Waals surface area contributed by atoms with E-state index in [9.17, 15) is 9.59 Å². The van der Waals surface area contributed by atoms with Gasteiger partial charge in [0, 0.05) is 36.9 Å². The van der Waals surface area contributed by atoms with Gasteiger partial charge in [0.1, 0.15) is 0 Å². The number of nitrogens with two attached hydrogens (primary N) is 1. The highest BCUT2D eigenvalue weighted by Crippen LogP contribution is 2.13. The summed E-state index contributed by atoms with van der Waals surface area (Å²) in [7, 11) is 0. The molecule has 4 aromatic rings. The van der Waals surface area contributed by atoms with Gasteiger partial charge in [-0.1, -0.05) is 42.5 Å². The fraction of sp³-hybridized carbons (Fsp3) is 0.115. The van der Waals surface area contributed by atoms with E-state index in [2.05, 4.69) is 10.3 Å². The van der Waals surface area contributed by atoms with Crippen LogP contribution in [0.5, 0.6) is 0 Å². The van der Waals surface area contributed by atoms with Crippen molar-refractivity contribution >= 4 is 11.6 Å². The molecule has 0 aliphatic rings. The first-order chi connectivity index (χ1) is 15.6. The van der Waals surface area contributed by atoms with Crippen molar-refractivity contribution in [1.82, 2.24) is 14.9 Å². The highest BCUT2D eigenvalue weighted by atomic mass is 16.1. The zero-order valence-corrected chi connectivity index (χ0v) is 17.6. The Hall–Kier alpha value is -4.19. The highest BCUT2D eigenvalue weighted by molar-refractivity contribution is 5.94. The lowest BCUT2D eigenvalue weighted by Crippen LogP contribution is -2.23. The van der Waals surface area contributed by atoms with E-state index in [0.29, 0.717) is 30.8 Å². The zero-order valence-electron chi connectivity index (χ0n) is 17.6. The van der Waals surface area contributed by atoms with E-state index in [1.165, 1.54) is 0 Å². The second-order valence-electron chi connectivity index (χ2n) is 7.67. The van der Waals surface area contributed by atoms with Gasteiger partial charge in [-0.2, -0.15) is 0 Å². The number of rotatable bonds is 7. The Morgan fingerprint density at radius 3 is 2.34 bits per heavy atom. The molecule has 32 heavy (non-hydrogen) atoms. The van der Waals surface area contributed by atoms with Crippen molar-refractivity contribution in [3.8, 4) is 0 Å². The first kappa shape index (κ1) is 21.1. The third kappa shape index (κ3) is 5.49. The standard InChI is InChI=1S/C26H24N4O2/c27-24-10-8-20(9-11-24)16-29-26(32)23-14-22(15-28-17-23)13-19-4-6-21(7-5-19)18-30-12-2-1-3-25(30)31/h1-12,14-15,17H,13,16,18,27H2,(H,29,32). The molecule has 6 nitrogen and oxygen atoms in total. The van der Waals surface area contributed by atoms with Gasteiger partial charge in [0.2, 0.25) is 0 Å². The van der Waals surface area contributed by atoms with Crippen molar-refractivity contribution in [2.45, 2.75) is 19.5 Å². The molecule has 2 aromatic heterocycles. The van der Waals surface area contributed by atoms with Crippen LogP contribution >= 0.6 is 0 Å². The molecule has 1 amide bonds. The van der Waals surface area contributed by atoms with Gasteiger partial charge in [0.05, 0.1) is 12.1 Å². The van der Waals surface area contributed by atoms with Crippen LogP contribution in [0, 0.1) is 0 Å². The van der Waals surface area contributed by atoms with Gasteiger partial charge < -0.3 is 15.6 Å². The summed E-state index contributed by atoms with van der Waals surface area (Å²) >= 11 is 0. The number of aromatic nitrogens is 2. The third-order valence-corrected chi connectivity index (χ3v) is 5.17. The van der Waals surface area contributed by atoms with Crippen molar-refractivity contribution in [2.75, 3.05) is 5.73 Å². The lowest BCUT2D eigenvalue weighted by atomic mass is 10.0. The van der Waals surface area contributed by atoms with Gasteiger partial charge in [0.15, 0.2) is 0 Å². The molecule has 0 spiro atoms. The van der Waals surface area contributed by atoms with E-state index in [-0.39, 0.29) is 11.5 Å². The molecule has 0 saturated heterocycles. The number of hydrogen-bond donors (Lipinski definition) is 2. The average molecular weight is 425 g/mol. The van der Waals surface area contributed by atoms with E-state index in [1.54, 1.807) is 35.3 Å². The predicted molar refractivity (Wildman–Crippen MR) is 125 cm³/mol. The minimum atomic E-state index is -0.167. The van der Waals surface area contributed by atoms with Crippen LogP contribution in [-0.4, -0.2) is 15.5 Å². The maximum absolute atomic E-state index is 12.5. The van der Waals surface area contributed by atoms with E-state index in [4.69, 9.17) is 5.73 Å². The first-order valence-corrected chi connectivity index (χ1v) is 10.4. The van der Waals surface area contributed by atoms with Gasteiger partial charge in [0.25, 0.3) is 11.5 Å². The summed E-state index contributed by atoms with van der Waals surface area (Å²) in [6.45, 7) is 0.959. The Kier molecular flexibility index (Phi) is 6.41. The Labute approximate surface area is 186 Å². The second kappa shape index (κ2) is 9.75. The fourth-order valence-corrected chi connectivity index (χ4v) is 3.41. The van der Waals surface area contributed by atoms with Gasteiger partial charge in [-0.15, -0.1) is 0 Å². The molecule has 0 aliphatic carbocycles. The lowest BCUT2D eigenvalue weighted by Gasteiger charge is -2.09. The molecule has 0 aliphatic heterocycles. The molecule has 0 bridgehead atoms. The maximum atomic E-state index is 12.5. The Morgan fingerprint density at radius 2 is 1.59 bits per heavy atom. The van der Waals surface area contributed by atoms with Gasteiger partial charge >= 0.3 is 0 Å². The van der Waals surface area contributed by atoms with Crippen LogP contribution in [0.1, 0.15) is 32.6 Å². The van der Waals surface area contributed by atoms with Crippen LogP contribution in [0.3, 0.4) is 0 Å². The molecule has 4 rings (SSSR count). The number of nitrogens with one attached hydrogen (secondary N) is 1.